The number of rotatable bonds is 7. The lowest BCUT2D eigenvalue weighted by Crippen LogP contribution is -2.48. The van der Waals surface area contributed by atoms with Gasteiger partial charge in [0.05, 0.1) is 6.54 Å². The van der Waals surface area contributed by atoms with Crippen LogP contribution in [0, 0.1) is 0 Å². The number of benzene rings is 3. The Balaban J connectivity index is 1.27. The normalized spacial score (nSPS) is 20.9. The van der Waals surface area contributed by atoms with Crippen molar-refractivity contribution in [3.05, 3.63) is 96.1 Å². The van der Waals surface area contributed by atoms with Crippen LogP contribution in [0.15, 0.2) is 84.9 Å². The number of carbonyl (C=O) groups excluding carboxylic acids is 3. The Kier molecular flexibility index (Phi) is 6.10. The second kappa shape index (κ2) is 9.50. The summed E-state index contributed by atoms with van der Waals surface area (Å²) in [6.07, 6.45) is -0.105. The smallest absolute Gasteiger partial charge is 0.325 e. The molecule has 2 atom stereocenters. The van der Waals surface area contributed by atoms with Gasteiger partial charge in [-0.2, -0.15) is 0 Å². The number of imide groups is 1. The molecule has 0 bridgehead atoms. The van der Waals surface area contributed by atoms with E-state index in [4.69, 9.17) is 9.47 Å². The third-order valence-electron chi connectivity index (χ3n) is 6.15. The van der Waals surface area contributed by atoms with Crippen molar-refractivity contribution in [3.63, 3.8) is 0 Å². The van der Waals surface area contributed by atoms with Crippen LogP contribution in [0.1, 0.15) is 11.1 Å². The minimum absolute atomic E-state index is 0.185. The van der Waals surface area contributed by atoms with Crippen molar-refractivity contribution in [2.45, 2.75) is 18.1 Å². The zero-order chi connectivity index (χ0) is 24.3. The first-order valence-corrected chi connectivity index (χ1v) is 11.4. The Bertz CT molecular complexity index is 1230. The third kappa shape index (κ3) is 4.55. The minimum Gasteiger partial charge on any atom is -0.486 e. The fourth-order valence-corrected chi connectivity index (χ4v) is 4.40. The lowest BCUT2D eigenvalue weighted by Gasteiger charge is -2.28. The van der Waals surface area contributed by atoms with Gasteiger partial charge in [-0.25, -0.2) is 4.79 Å². The van der Waals surface area contributed by atoms with Crippen LogP contribution >= 0.6 is 0 Å². The summed E-state index contributed by atoms with van der Waals surface area (Å²) in [5.41, 5.74) is 0.270. The van der Waals surface area contributed by atoms with E-state index >= 15 is 0 Å². The lowest BCUT2D eigenvalue weighted by molar-refractivity contribution is -0.135. The van der Waals surface area contributed by atoms with E-state index in [1.807, 2.05) is 78.9 Å². The molecule has 2 aliphatic heterocycles. The monoisotopic (exact) mass is 471 g/mol. The number of nitrogens with zero attached hydrogens (tertiary/aromatic N) is 1. The fourth-order valence-electron chi connectivity index (χ4n) is 4.40. The zero-order valence-corrected chi connectivity index (χ0v) is 19.0. The summed E-state index contributed by atoms with van der Waals surface area (Å²) in [4.78, 5) is 40.2. The molecule has 2 N–H and O–H groups in total. The molecule has 8 nitrogen and oxygen atoms in total. The van der Waals surface area contributed by atoms with Crippen LogP contribution in [0.3, 0.4) is 0 Å². The molecule has 0 spiro atoms. The Morgan fingerprint density at radius 1 is 0.943 bits per heavy atom. The summed E-state index contributed by atoms with van der Waals surface area (Å²) in [5.74, 6) is 0.351. The van der Waals surface area contributed by atoms with E-state index in [2.05, 4.69) is 10.6 Å². The summed E-state index contributed by atoms with van der Waals surface area (Å²) in [6.45, 7) is 0.0808. The molecule has 3 aromatic carbocycles. The maximum atomic E-state index is 13.6. The molecule has 0 unspecified atom stereocenters. The van der Waals surface area contributed by atoms with Gasteiger partial charge in [-0.15, -0.1) is 0 Å². The number of urea groups is 1. The second-order valence-electron chi connectivity index (χ2n) is 8.56. The third-order valence-corrected chi connectivity index (χ3v) is 6.15. The summed E-state index contributed by atoms with van der Waals surface area (Å²) in [5, 5.41) is 5.62. The van der Waals surface area contributed by atoms with E-state index < -0.39 is 29.9 Å². The van der Waals surface area contributed by atoms with Gasteiger partial charge in [-0.05, 0) is 23.3 Å². The molecule has 0 saturated carbocycles. The predicted molar refractivity (Wildman–Crippen MR) is 128 cm³/mol. The Hall–Kier alpha value is -4.33. The molecular formula is C27H25N3O5. The number of hydrogen-bond donors (Lipinski definition) is 2. The molecule has 0 radical (unpaired) electrons. The van der Waals surface area contributed by atoms with Crippen molar-refractivity contribution < 1.29 is 23.9 Å². The van der Waals surface area contributed by atoms with Crippen molar-refractivity contribution >= 4 is 17.8 Å². The molecule has 2 heterocycles. The number of nitrogens with one attached hydrogen (secondary N) is 2. The van der Waals surface area contributed by atoms with Crippen LogP contribution in [0.2, 0.25) is 0 Å². The molecular weight excluding hydrogens is 446 g/mol. The number of fused-ring (bicyclic) bond motifs is 1. The Morgan fingerprint density at radius 3 is 2.34 bits per heavy atom. The van der Waals surface area contributed by atoms with Gasteiger partial charge < -0.3 is 20.1 Å². The van der Waals surface area contributed by atoms with Gasteiger partial charge in [0.15, 0.2) is 17.0 Å². The first kappa shape index (κ1) is 22.5. The molecule has 178 valence electrons. The van der Waals surface area contributed by atoms with Crippen molar-refractivity contribution in [1.29, 1.82) is 0 Å². The highest BCUT2D eigenvalue weighted by Crippen LogP contribution is 2.33. The van der Waals surface area contributed by atoms with Gasteiger partial charge in [-0.1, -0.05) is 72.8 Å². The molecule has 2 aliphatic rings. The first-order valence-electron chi connectivity index (χ1n) is 11.4. The van der Waals surface area contributed by atoms with Crippen LogP contribution in [0.4, 0.5) is 4.79 Å². The van der Waals surface area contributed by atoms with E-state index in [1.165, 1.54) is 0 Å². The van der Waals surface area contributed by atoms with Gasteiger partial charge in [-0.3, -0.25) is 14.5 Å². The van der Waals surface area contributed by atoms with Crippen molar-refractivity contribution in [2.24, 2.45) is 0 Å². The number of hydrogen-bond acceptors (Lipinski definition) is 5. The van der Waals surface area contributed by atoms with E-state index in [0.717, 1.165) is 10.5 Å². The van der Waals surface area contributed by atoms with E-state index in [1.54, 1.807) is 6.07 Å². The van der Waals surface area contributed by atoms with Crippen LogP contribution in [-0.4, -0.2) is 48.5 Å². The Labute approximate surface area is 202 Å². The number of para-hydroxylation sites is 2. The quantitative estimate of drug-likeness (QED) is 0.517. The van der Waals surface area contributed by atoms with Crippen molar-refractivity contribution in [2.75, 3.05) is 19.7 Å². The summed E-state index contributed by atoms with van der Waals surface area (Å²) in [7, 11) is 0. The fraction of sp³-hybridized carbons (Fsp3) is 0.222. The minimum atomic E-state index is -1.29. The van der Waals surface area contributed by atoms with Crippen LogP contribution < -0.4 is 20.1 Å². The van der Waals surface area contributed by atoms with Gasteiger partial charge in [0.1, 0.15) is 19.3 Å². The average molecular weight is 472 g/mol. The average Bonchev–Trinajstić information content (AvgIpc) is 3.13. The second-order valence-corrected chi connectivity index (χ2v) is 8.56. The molecule has 35 heavy (non-hydrogen) atoms. The molecule has 0 aliphatic carbocycles. The number of amides is 4. The molecule has 4 amide bonds. The highest BCUT2D eigenvalue weighted by Gasteiger charge is 2.52. The molecule has 8 heteroatoms. The molecule has 3 aromatic rings. The van der Waals surface area contributed by atoms with E-state index in [9.17, 15) is 14.4 Å². The highest BCUT2D eigenvalue weighted by molar-refractivity contribution is 6.09. The topological polar surface area (TPSA) is 97.0 Å². The molecule has 0 aromatic heterocycles. The molecule has 5 rings (SSSR count). The van der Waals surface area contributed by atoms with Gasteiger partial charge in [0.25, 0.3) is 5.91 Å². The SMILES string of the molecule is O=C(CN1C(=O)N[C@](Cc2ccccc2)(c2ccccc2)C1=O)NC[C@H]1COc2ccccc2O1. The van der Waals surface area contributed by atoms with Gasteiger partial charge in [0, 0.05) is 6.42 Å². The number of ether oxygens (including phenoxy) is 2. The van der Waals surface area contributed by atoms with Crippen LogP contribution in [0.5, 0.6) is 11.5 Å². The maximum Gasteiger partial charge on any atom is 0.325 e. The Morgan fingerprint density at radius 2 is 1.60 bits per heavy atom. The van der Waals surface area contributed by atoms with Gasteiger partial charge in [0.2, 0.25) is 5.91 Å². The highest BCUT2D eigenvalue weighted by atomic mass is 16.6. The van der Waals surface area contributed by atoms with Crippen molar-refractivity contribution in [1.82, 2.24) is 15.5 Å². The lowest BCUT2D eigenvalue weighted by atomic mass is 9.83. The molecule has 1 fully saturated rings. The van der Waals surface area contributed by atoms with E-state index in [0.29, 0.717) is 17.1 Å². The standard InChI is InChI=1S/C27H25N3O5/c31-24(28-16-21-18-34-22-13-7-8-14-23(22)35-21)17-30-25(32)27(29-26(30)33,20-11-5-2-6-12-20)15-19-9-3-1-4-10-19/h1-14,21H,15-18H2,(H,28,31)(H,29,33)/t21-,27+/m0/s1. The van der Waals surface area contributed by atoms with Crippen LogP contribution in [0.25, 0.3) is 0 Å². The summed E-state index contributed by atoms with van der Waals surface area (Å²) < 4.78 is 11.5. The first-order chi connectivity index (χ1) is 17.0. The van der Waals surface area contributed by atoms with Crippen molar-refractivity contribution in [3.8, 4) is 11.5 Å². The molecule has 1 saturated heterocycles. The number of carbonyl (C=O) groups is 3. The summed E-state index contributed by atoms with van der Waals surface area (Å²) in [6, 6.07) is 25.3. The van der Waals surface area contributed by atoms with E-state index in [-0.39, 0.29) is 25.7 Å². The summed E-state index contributed by atoms with van der Waals surface area (Å²) >= 11 is 0. The van der Waals surface area contributed by atoms with Gasteiger partial charge >= 0.3 is 6.03 Å². The zero-order valence-electron chi connectivity index (χ0n) is 19.0. The maximum absolute atomic E-state index is 13.6. The largest absolute Gasteiger partial charge is 0.486 e. The van der Waals surface area contributed by atoms with Crippen LogP contribution in [-0.2, 0) is 21.5 Å². The predicted octanol–water partition coefficient (Wildman–Crippen LogP) is 2.63.